The number of nitrogens with zero attached hydrogens (tertiary/aromatic N) is 1. The Balaban J connectivity index is 1.54. The molecule has 0 aromatic heterocycles. The van der Waals surface area contributed by atoms with Gasteiger partial charge < -0.3 is 10.1 Å². The first-order valence-electron chi connectivity index (χ1n) is 10.1. The van der Waals surface area contributed by atoms with Crippen LogP contribution in [0, 0.1) is 0 Å². The summed E-state index contributed by atoms with van der Waals surface area (Å²) in [7, 11) is -1.65. The molecular weight excluding hydrogens is 388 g/mol. The van der Waals surface area contributed by atoms with Gasteiger partial charge in [0.25, 0.3) is 5.91 Å². The Kier molecular flexibility index (Phi) is 5.50. The standard InChI is InChI=1S/C22H26N2O4S/c1-28-19-10-11-20-16(15-19)6-5-9-21(20)23-22(25)17-7-4-8-18(14-17)24-12-2-3-13-29(24,26)27/h4,7-8,10-11,14-15,21H,2-3,5-6,9,12-13H2,1H3,(H,23,25). The lowest BCUT2D eigenvalue weighted by Crippen LogP contribution is -2.38. The van der Waals surface area contributed by atoms with Crippen LogP contribution in [0.15, 0.2) is 42.5 Å². The van der Waals surface area contributed by atoms with E-state index in [1.807, 2.05) is 18.2 Å². The monoisotopic (exact) mass is 414 g/mol. The van der Waals surface area contributed by atoms with Gasteiger partial charge in [0.2, 0.25) is 10.0 Å². The average Bonchev–Trinajstić information content (AvgIpc) is 2.73. The maximum Gasteiger partial charge on any atom is 0.251 e. The molecule has 0 spiro atoms. The molecule has 1 amide bonds. The molecule has 6 nitrogen and oxygen atoms in total. The second-order valence-corrected chi connectivity index (χ2v) is 9.64. The maximum atomic E-state index is 12.9. The number of rotatable bonds is 4. The lowest BCUT2D eigenvalue weighted by molar-refractivity contribution is 0.0932. The summed E-state index contributed by atoms with van der Waals surface area (Å²) in [6.45, 7) is 0.464. The Bertz CT molecular complexity index is 1020. The number of sulfonamides is 1. The molecule has 2 aromatic carbocycles. The van der Waals surface area contributed by atoms with E-state index >= 15 is 0 Å². The molecular formula is C22H26N2O4S. The van der Waals surface area contributed by atoms with E-state index in [2.05, 4.69) is 5.32 Å². The molecule has 7 heteroatoms. The number of hydrogen-bond donors (Lipinski definition) is 1. The van der Waals surface area contributed by atoms with Crippen molar-refractivity contribution in [1.82, 2.24) is 5.32 Å². The van der Waals surface area contributed by atoms with Crippen LogP contribution in [0.25, 0.3) is 0 Å². The minimum Gasteiger partial charge on any atom is -0.497 e. The Morgan fingerprint density at radius 3 is 2.79 bits per heavy atom. The van der Waals surface area contributed by atoms with Gasteiger partial charge >= 0.3 is 0 Å². The van der Waals surface area contributed by atoms with E-state index in [-0.39, 0.29) is 17.7 Å². The highest BCUT2D eigenvalue weighted by Gasteiger charge is 2.27. The summed E-state index contributed by atoms with van der Waals surface area (Å²) in [4.78, 5) is 12.9. The quantitative estimate of drug-likeness (QED) is 0.832. The van der Waals surface area contributed by atoms with Crippen LogP contribution < -0.4 is 14.4 Å². The number of aryl methyl sites for hydroxylation is 1. The highest BCUT2D eigenvalue weighted by molar-refractivity contribution is 7.92. The highest BCUT2D eigenvalue weighted by Crippen LogP contribution is 2.32. The van der Waals surface area contributed by atoms with E-state index in [1.54, 1.807) is 31.4 Å². The van der Waals surface area contributed by atoms with Crippen molar-refractivity contribution in [2.24, 2.45) is 0 Å². The minimum absolute atomic E-state index is 0.0560. The van der Waals surface area contributed by atoms with Crippen molar-refractivity contribution in [1.29, 1.82) is 0 Å². The Hall–Kier alpha value is -2.54. The largest absolute Gasteiger partial charge is 0.497 e. The van der Waals surface area contributed by atoms with E-state index in [0.29, 0.717) is 24.2 Å². The third-order valence-corrected chi connectivity index (χ3v) is 7.58. The molecule has 1 unspecified atom stereocenters. The highest BCUT2D eigenvalue weighted by atomic mass is 32.2. The summed E-state index contributed by atoms with van der Waals surface area (Å²) in [5.41, 5.74) is 3.37. The molecule has 29 heavy (non-hydrogen) atoms. The fourth-order valence-corrected chi connectivity index (χ4v) is 5.82. The molecule has 1 N–H and O–H groups in total. The van der Waals surface area contributed by atoms with Crippen LogP contribution in [0.4, 0.5) is 5.69 Å². The summed E-state index contributed by atoms with van der Waals surface area (Å²) < 4.78 is 31.5. The summed E-state index contributed by atoms with van der Waals surface area (Å²) in [6, 6.07) is 12.8. The zero-order valence-electron chi connectivity index (χ0n) is 16.6. The molecule has 2 aliphatic rings. The molecule has 2 aromatic rings. The number of hydrogen-bond acceptors (Lipinski definition) is 4. The van der Waals surface area contributed by atoms with Gasteiger partial charge in [0.05, 0.1) is 24.6 Å². The van der Waals surface area contributed by atoms with Crippen LogP contribution in [-0.2, 0) is 16.4 Å². The first kappa shape index (κ1) is 19.8. The first-order valence-corrected chi connectivity index (χ1v) is 11.7. The van der Waals surface area contributed by atoms with E-state index in [1.165, 1.54) is 9.87 Å². The molecule has 154 valence electrons. The van der Waals surface area contributed by atoms with Crippen molar-refractivity contribution in [2.45, 2.75) is 38.1 Å². The zero-order valence-corrected chi connectivity index (χ0v) is 17.4. The first-order chi connectivity index (χ1) is 14.0. The van der Waals surface area contributed by atoms with Gasteiger partial charge in [0.15, 0.2) is 0 Å². The number of anilines is 1. The summed E-state index contributed by atoms with van der Waals surface area (Å²) in [5, 5.41) is 3.13. The van der Waals surface area contributed by atoms with Gasteiger partial charge in [-0.05, 0) is 73.6 Å². The third-order valence-electron chi connectivity index (χ3n) is 5.72. The normalized spacial score (nSPS) is 20.6. The predicted octanol–water partition coefficient (Wildman–Crippen LogP) is 3.43. The number of methoxy groups -OCH3 is 1. The van der Waals surface area contributed by atoms with Crippen molar-refractivity contribution in [3.8, 4) is 5.75 Å². The van der Waals surface area contributed by atoms with Crippen LogP contribution in [0.5, 0.6) is 5.75 Å². The molecule has 1 aliphatic heterocycles. The third kappa shape index (κ3) is 4.10. The molecule has 0 saturated carbocycles. The van der Waals surface area contributed by atoms with Gasteiger partial charge in [-0.25, -0.2) is 8.42 Å². The fourth-order valence-electron chi connectivity index (χ4n) is 4.19. The van der Waals surface area contributed by atoms with Gasteiger partial charge in [-0.2, -0.15) is 0 Å². The van der Waals surface area contributed by atoms with Gasteiger partial charge in [-0.1, -0.05) is 12.1 Å². The molecule has 1 heterocycles. The minimum atomic E-state index is -3.30. The number of amides is 1. The number of fused-ring (bicyclic) bond motifs is 1. The van der Waals surface area contributed by atoms with Crippen molar-refractivity contribution in [2.75, 3.05) is 23.7 Å². The van der Waals surface area contributed by atoms with E-state index in [4.69, 9.17) is 4.74 Å². The maximum absolute atomic E-state index is 12.9. The number of carbonyl (C=O) groups excluding carboxylic acids is 1. The molecule has 0 radical (unpaired) electrons. The fraction of sp³-hybridized carbons (Fsp3) is 0.409. The number of ether oxygens (including phenoxy) is 1. The molecule has 1 fully saturated rings. The van der Waals surface area contributed by atoms with Crippen LogP contribution in [-0.4, -0.2) is 33.7 Å². The SMILES string of the molecule is COc1ccc2c(c1)CCCC2NC(=O)c1cccc(N2CCCCS2(=O)=O)c1. The summed E-state index contributed by atoms with van der Waals surface area (Å²) in [5.74, 6) is 0.798. The molecule has 1 atom stereocenters. The second kappa shape index (κ2) is 8.06. The second-order valence-electron chi connectivity index (χ2n) is 7.63. The van der Waals surface area contributed by atoms with E-state index in [9.17, 15) is 13.2 Å². The predicted molar refractivity (Wildman–Crippen MR) is 113 cm³/mol. The lowest BCUT2D eigenvalue weighted by Gasteiger charge is -2.29. The van der Waals surface area contributed by atoms with Gasteiger partial charge in [0, 0.05) is 12.1 Å². The number of nitrogens with one attached hydrogen (secondary N) is 1. The van der Waals surface area contributed by atoms with Crippen molar-refractivity contribution < 1.29 is 17.9 Å². The van der Waals surface area contributed by atoms with E-state index in [0.717, 1.165) is 37.0 Å². The lowest BCUT2D eigenvalue weighted by atomic mass is 9.87. The van der Waals surface area contributed by atoms with Gasteiger partial charge in [0.1, 0.15) is 5.75 Å². The molecule has 0 bridgehead atoms. The summed E-state index contributed by atoms with van der Waals surface area (Å²) in [6.07, 6.45) is 4.37. The average molecular weight is 415 g/mol. The number of benzene rings is 2. The van der Waals surface area contributed by atoms with E-state index < -0.39 is 10.0 Å². The summed E-state index contributed by atoms with van der Waals surface area (Å²) >= 11 is 0. The van der Waals surface area contributed by atoms with Crippen molar-refractivity contribution in [3.63, 3.8) is 0 Å². The van der Waals surface area contributed by atoms with Crippen molar-refractivity contribution in [3.05, 3.63) is 59.2 Å². The Morgan fingerprint density at radius 1 is 1.14 bits per heavy atom. The Morgan fingerprint density at radius 2 is 2.00 bits per heavy atom. The van der Waals surface area contributed by atoms with Gasteiger partial charge in [-0.3, -0.25) is 9.10 Å². The topological polar surface area (TPSA) is 75.7 Å². The van der Waals surface area contributed by atoms with Crippen LogP contribution in [0.2, 0.25) is 0 Å². The molecule has 1 aliphatic carbocycles. The smallest absolute Gasteiger partial charge is 0.251 e. The van der Waals surface area contributed by atoms with Crippen LogP contribution in [0.3, 0.4) is 0 Å². The Labute approximate surface area is 171 Å². The van der Waals surface area contributed by atoms with Crippen LogP contribution >= 0.6 is 0 Å². The molecule has 1 saturated heterocycles. The van der Waals surface area contributed by atoms with Crippen LogP contribution in [0.1, 0.15) is 53.2 Å². The zero-order chi connectivity index (χ0) is 20.4. The molecule has 4 rings (SSSR count). The van der Waals surface area contributed by atoms with Gasteiger partial charge in [-0.15, -0.1) is 0 Å². The number of carbonyl (C=O) groups is 1. The van der Waals surface area contributed by atoms with Crippen molar-refractivity contribution >= 4 is 21.6 Å².